The molecule has 0 saturated heterocycles. The van der Waals surface area contributed by atoms with Crippen molar-refractivity contribution in [1.82, 2.24) is 9.88 Å². The fourth-order valence-corrected chi connectivity index (χ4v) is 4.20. The van der Waals surface area contributed by atoms with E-state index in [-0.39, 0.29) is 30.2 Å². The van der Waals surface area contributed by atoms with Gasteiger partial charge in [-0.25, -0.2) is 4.79 Å². The number of amides is 1. The van der Waals surface area contributed by atoms with Crippen LogP contribution in [0.3, 0.4) is 0 Å². The maximum Gasteiger partial charge on any atom is 0.335 e. The quantitative estimate of drug-likeness (QED) is 0.600. The highest BCUT2D eigenvalue weighted by atomic mass is 79.9. The Labute approximate surface area is 187 Å². The lowest BCUT2D eigenvalue weighted by atomic mass is 9.98. The molecule has 7 heteroatoms. The molecule has 1 aromatic heterocycles. The van der Waals surface area contributed by atoms with Crippen molar-refractivity contribution in [3.63, 3.8) is 0 Å². The summed E-state index contributed by atoms with van der Waals surface area (Å²) in [6.07, 6.45) is 3.89. The van der Waals surface area contributed by atoms with Crippen LogP contribution in [0.15, 0.2) is 71.5 Å². The summed E-state index contributed by atoms with van der Waals surface area (Å²) < 4.78 is 0.813. The van der Waals surface area contributed by atoms with E-state index >= 15 is 0 Å². The number of carbonyl (C=O) groups is 3. The van der Waals surface area contributed by atoms with Crippen molar-refractivity contribution >= 4 is 33.6 Å². The Kier molecular flexibility index (Phi) is 5.95. The number of rotatable bonds is 5. The summed E-state index contributed by atoms with van der Waals surface area (Å²) in [5.74, 6) is -1.28. The molecule has 1 aliphatic rings. The summed E-state index contributed by atoms with van der Waals surface area (Å²) in [6, 6.07) is 14.7. The van der Waals surface area contributed by atoms with Crippen LogP contribution in [0.2, 0.25) is 0 Å². The van der Waals surface area contributed by atoms with Gasteiger partial charge in [-0.2, -0.15) is 0 Å². The SMILES string of the molecule is O=C(O)c1ccc(CN2C(=O)c3ccc(Br)cc3CC(=O)[C@H]2Cc2cccnc2)cc1. The van der Waals surface area contributed by atoms with Gasteiger partial charge in [-0.3, -0.25) is 14.6 Å². The number of fused-ring (bicyclic) bond motifs is 1. The second kappa shape index (κ2) is 8.81. The van der Waals surface area contributed by atoms with Crippen molar-refractivity contribution in [3.05, 3.63) is 99.3 Å². The summed E-state index contributed by atoms with van der Waals surface area (Å²) in [5, 5.41) is 9.13. The average molecular weight is 479 g/mol. The molecule has 0 spiro atoms. The van der Waals surface area contributed by atoms with E-state index in [9.17, 15) is 14.4 Å². The summed E-state index contributed by atoms with van der Waals surface area (Å²) in [7, 11) is 0. The minimum absolute atomic E-state index is 0.0452. The number of carboxylic acids is 1. The van der Waals surface area contributed by atoms with E-state index in [0.29, 0.717) is 17.5 Å². The van der Waals surface area contributed by atoms with Crippen LogP contribution in [0.1, 0.15) is 37.4 Å². The number of benzene rings is 2. The van der Waals surface area contributed by atoms with Crippen molar-refractivity contribution in [2.75, 3.05) is 0 Å². The molecule has 3 aromatic rings. The Bertz CT molecular complexity index is 1150. The first-order chi connectivity index (χ1) is 14.9. The van der Waals surface area contributed by atoms with Crippen molar-refractivity contribution in [3.8, 4) is 0 Å². The van der Waals surface area contributed by atoms with Crippen molar-refractivity contribution < 1.29 is 19.5 Å². The lowest BCUT2D eigenvalue weighted by Gasteiger charge is -2.29. The second-order valence-electron chi connectivity index (χ2n) is 7.46. The lowest BCUT2D eigenvalue weighted by Crippen LogP contribution is -2.44. The maximum absolute atomic E-state index is 13.5. The van der Waals surface area contributed by atoms with Gasteiger partial charge in [0, 0.05) is 41.8 Å². The Morgan fingerprint density at radius 2 is 1.87 bits per heavy atom. The third-order valence-corrected chi connectivity index (χ3v) is 5.87. The van der Waals surface area contributed by atoms with Gasteiger partial charge >= 0.3 is 5.97 Å². The van der Waals surface area contributed by atoms with Crippen LogP contribution in [-0.4, -0.2) is 38.7 Å². The molecule has 0 saturated carbocycles. The molecule has 0 radical (unpaired) electrons. The molecule has 4 rings (SSSR count). The number of nitrogens with zero attached hydrogens (tertiary/aromatic N) is 2. The largest absolute Gasteiger partial charge is 0.478 e. The molecule has 0 aliphatic carbocycles. The summed E-state index contributed by atoms with van der Waals surface area (Å²) in [6.45, 7) is 0.199. The summed E-state index contributed by atoms with van der Waals surface area (Å²) in [4.78, 5) is 43.7. The number of ketones is 1. The highest BCUT2D eigenvalue weighted by Gasteiger charge is 2.35. The zero-order valence-corrected chi connectivity index (χ0v) is 18.1. The van der Waals surface area contributed by atoms with Gasteiger partial charge < -0.3 is 10.0 Å². The predicted molar refractivity (Wildman–Crippen MR) is 118 cm³/mol. The molecule has 156 valence electrons. The Morgan fingerprint density at radius 3 is 2.55 bits per heavy atom. The molecule has 0 unspecified atom stereocenters. The van der Waals surface area contributed by atoms with Gasteiger partial charge in [-0.1, -0.05) is 34.1 Å². The number of aromatic nitrogens is 1. The molecule has 1 N–H and O–H groups in total. The van der Waals surface area contributed by atoms with E-state index in [2.05, 4.69) is 20.9 Å². The molecule has 1 aliphatic heterocycles. The fraction of sp³-hybridized carbons (Fsp3) is 0.167. The Morgan fingerprint density at radius 1 is 1.10 bits per heavy atom. The molecule has 0 fully saturated rings. The molecule has 31 heavy (non-hydrogen) atoms. The van der Waals surface area contributed by atoms with Crippen LogP contribution in [0.4, 0.5) is 0 Å². The van der Waals surface area contributed by atoms with Crippen LogP contribution < -0.4 is 0 Å². The molecular formula is C24H19BrN2O4. The first-order valence-corrected chi connectivity index (χ1v) is 10.5. The molecule has 1 amide bonds. The van der Waals surface area contributed by atoms with Crippen LogP contribution in [0, 0.1) is 0 Å². The number of hydrogen-bond acceptors (Lipinski definition) is 4. The van der Waals surface area contributed by atoms with Gasteiger partial charge in [0.25, 0.3) is 5.91 Å². The molecular weight excluding hydrogens is 460 g/mol. The van der Waals surface area contributed by atoms with Gasteiger partial charge in [0.2, 0.25) is 0 Å². The van der Waals surface area contributed by atoms with Crippen LogP contribution in [0.5, 0.6) is 0 Å². The number of hydrogen-bond donors (Lipinski definition) is 1. The molecule has 2 heterocycles. The number of carbonyl (C=O) groups excluding carboxylic acids is 2. The summed E-state index contributed by atoms with van der Waals surface area (Å²) >= 11 is 3.42. The number of carboxylic acid groups (broad SMARTS) is 1. The first-order valence-electron chi connectivity index (χ1n) is 9.75. The third-order valence-electron chi connectivity index (χ3n) is 5.38. The minimum atomic E-state index is -1.01. The molecule has 0 bridgehead atoms. The monoisotopic (exact) mass is 478 g/mol. The zero-order valence-electron chi connectivity index (χ0n) is 16.5. The zero-order chi connectivity index (χ0) is 22.0. The number of Topliss-reactive ketones (excluding diaryl/α,β-unsaturated/α-hetero) is 1. The van der Waals surface area contributed by atoms with Crippen molar-refractivity contribution in [1.29, 1.82) is 0 Å². The van der Waals surface area contributed by atoms with Gasteiger partial charge in [-0.15, -0.1) is 0 Å². The number of aromatic carboxylic acids is 1. The average Bonchev–Trinajstić information content (AvgIpc) is 2.85. The smallest absolute Gasteiger partial charge is 0.335 e. The molecule has 2 aromatic carbocycles. The van der Waals surface area contributed by atoms with Crippen LogP contribution >= 0.6 is 15.9 Å². The molecule has 6 nitrogen and oxygen atoms in total. The second-order valence-corrected chi connectivity index (χ2v) is 8.38. The van der Waals surface area contributed by atoms with Gasteiger partial charge in [0.1, 0.15) is 0 Å². The molecule has 1 atom stereocenters. The van der Waals surface area contributed by atoms with Gasteiger partial charge in [0.05, 0.1) is 11.6 Å². The Hall–Kier alpha value is -3.32. The topological polar surface area (TPSA) is 87.6 Å². The maximum atomic E-state index is 13.5. The normalized spacial score (nSPS) is 16.0. The minimum Gasteiger partial charge on any atom is -0.478 e. The summed E-state index contributed by atoms with van der Waals surface area (Å²) in [5.41, 5.74) is 3.00. The van der Waals surface area contributed by atoms with Crippen molar-refractivity contribution in [2.24, 2.45) is 0 Å². The van der Waals surface area contributed by atoms with Gasteiger partial charge in [-0.05, 0) is 53.1 Å². The number of halogens is 1. The van der Waals surface area contributed by atoms with E-state index in [1.54, 1.807) is 47.6 Å². The van der Waals surface area contributed by atoms with E-state index in [4.69, 9.17) is 5.11 Å². The van der Waals surface area contributed by atoms with E-state index in [1.807, 2.05) is 12.1 Å². The van der Waals surface area contributed by atoms with Crippen molar-refractivity contribution in [2.45, 2.75) is 25.4 Å². The van der Waals surface area contributed by atoms with E-state index in [0.717, 1.165) is 15.6 Å². The third kappa shape index (κ3) is 4.56. The highest BCUT2D eigenvalue weighted by Crippen LogP contribution is 2.27. The van der Waals surface area contributed by atoms with Crippen LogP contribution in [-0.2, 0) is 24.2 Å². The number of pyridine rings is 1. The fourth-order valence-electron chi connectivity index (χ4n) is 3.79. The van der Waals surface area contributed by atoms with E-state index in [1.165, 1.54) is 12.1 Å². The standard InChI is InChI=1S/C24H19BrN2O4/c25-19-7-8-20-18(11-19)12-22(28)21(10-16-2-1-9-26-13-16)27(23(20)29)14-15-3-5-17(6-4-15)24(30)31/h1-9,11,13,21H,10,12,14H2,(H,30,31)/t21-/m1/s1. The Balaban J connectivity index is 1.73. The lowest BCUT2D eigenvalue weighted by molar-refractivity contribution is -0.122. The van der Waals surface area contributed by atoms with Crippen LogP contribution in [0.25, 0.3) is 0 Å². The predicted octanol–water partition coefficient (Wildman–Crippen LogP) is 3.92. The first kappa shape index (κ1) is 20.9. The highest BCUT2D eigenvalue weighted by molar-refractivity contribution is 9.10. The van der Waals surface area contributed by atoms with E-state index < -0.39 is 12.0 Å². The van der Waals surface area contributed by atoms with Gasteiger partial charge in [0.15, 0.2) is 5.78 Å².